The fourth-order valence-electron chi connectivity index (χ4n) is 2.70. The molecule has 0 unspecified atom stereocenters. The molecule has 3 aromatic rings. The van der Waals surface area contributed by atoms with Gasteiger partial charge in [-0.15, -0.1) is 11.3 Å². The highest BCUT2D eigenvalue weighted by atomic mass is 32.1. The van der Waals surface area contributed by atoms with Crippen molar-refractivity contribution >= 4 is 22.4 Å². The third-order valence-electron chi connectivity index (χ3n) is 4.03. The lowest BCUT2D eigenvalue weighted by Gasteiger charge is -2.08. The average molecular weight is 309 g/mol. The van der Waals surface area contributed by atoms with Crippen molar-refractivity contribution in [3.05, 3.63) is 51.5 Å². The Kier molecular flexibility index (Phi) is 4.26. The van der Waals surface area contributed by atoms with E-state index in [-0.39, 0.29) is 0 Å². The van der Waals surface area contributed by atoms with Gasteiger partial charge in [-0.25, -0.2) is 4.98 Å². The number of imidazole rings is 1. The molecule has 0 fully saturated rings. The van der Waals surface area contributed by atoms with Crippen molar-refractivity contribution in [3.8, 4) is 6.07 Å². The van der Waals surface area contributed by atoms with Crippen LogP contribution in [0.1, 0.15) is 34.7 Å². The average Bonchev–Trinajstić information content (AvgIpc) is 3.10. The summed E-state index contributed by atoms with van der Waals surface area (Å²) in [5.41, 5.74) is 4.81. The Morgan fingerprint density at radius 3 is 2.82 bits per heavy atom. The molecular weight excluding hydrogens is 290 g/mol. The van der Waals surface area contributed by atoms with Crippen molar-refractivity contribution in [2.75, 3.05) is 0 Å². The lowest BCUT2D eigenvalue weighted by molar-refractivity contribution is 0.643. The summed E-state index contributed by atoms with van der Waals surface area (Å²) in [7, 11) is 0. The molecule has 2 heterocycles. The van der Waals surface area contributed by atoms with Crippen molar-refractivity contribution in [3.63, 3.8) is 0 Å². The van der Waals surface area contributed by atoms with Crippen LogP contribution in [0.25, 0.3) is 11.0 Å². The Morgan fingerprint density at radius 1 is 1.27 bits per heavy atom. The van der Waals surface area contributed by atoms with Gasteiger partial charge in [-0.05, 0) is 55.0 Å². The Balaban J connectivity index is 2.04. The lowest BCUT2D eigenvalue weighted by atomic mass is 10.1. The maximum atomic E-state index is 8.79. The minimum atomic E-state index is 0.586. The van der Waals surface area contributed by atoms with E-state index in [2.05, 4.69) is 54.1 Å². The van der Waals surface area contributed by atoms with Crippen LogP contribution in [0.4, 0.5) is 0 Å². The standard InChI is InChI=1S/C18H19N3S/c1-13-10-16-17(11-14(13)2)21(8-4-3-7-19)18(20-16)12-15-6-5-9-22-15/h5-6,9-11H,3-4,8,12H2,1-2H3. The van der Waals surface area contributed by atoms with E-state index in [9.17, 15) is 0 Å². The van der Waals surface area contributed by atoms with Crippen molar-refractivity contribution < 1.29 is 0 Å². The first-order chi connectivity index (χ1) is 10.7. The molecule has 4 heteroatoms. The summed E-state index contributed by atoms with van der Waals surface area (Å²) in [5.74, 6) is 1.10. The number of benzene rings is 1. The van der Waals surface area contributed by atoms with Crippen LogP contribution >= 0.6 is 11.3 Å². The molecule has 0 bridgehead atoms. The first kappa shape index (κ1) is 14.8. The lowest BCUT2D eigenvalue weighted by Crippen LogP contribution is -2.04. The predicted molar refractivity (Wildman–Crippen MR) is 91.2 cm³/mol. The number of nitrogens with zero attached hydrogens (tertiary/aromatic N) is 3. The number of hydrogen-bond acceptors (Lipinski definition) is 3. The van der Waals surface area contributed by atoms with Crippen LogP contribution in [-0.2, 0) is 13.0 Å². The summed E-state index contributed by atoms with van der Waals surface area (Å²) in [5, 5.41) is 10.9. The number of nitriles is 1. The molecular formula is C18H19N3S. The molecule has 0 aliphatic carbocycles. The largest absolute Gasteiger partial charge is 0.328 e. The van der Waals surface area contributed by atoms with Gasteiger partial charge >= 0.3 is 0 Å². The number of thiophene rings is 1. The molecule has 0 saturated heterocycles. The van der Waals surface area contributed by atoms with Crippen LogP contribution in [0.15, 0.2) is 29.6 Å². The van der Waals surface area contributed by atoms with E-state index >= 15 is 0 Å². The molecule has 0 N–H and O–H groups in total. The molecule has 0 saturated carbocycles. The van der Waals surface area contributed by atoms with Crippen molar-refractivity contribution in [2.45, 2.75) is 39.7 Å². The first-order valence-electron chi connectivity index (χ1n) is 7.54. The van der Waals surface area contributed by atoms with E-state index in [1.807, 2.05) is 0 Å². The van der Waals surface area contributed by atoms with E-state index in [4.69, 9.17) is 10.2 Å². The fraction of sp³-hybridized carbons (Fsp3) is 0.333. The molecule has 2 aromatic heterocycles. The number of fused-ring (bicyclic) bond motifs is 1. The summed E-state index contributed by atoms with van der Waals surface area (Å²) < 4.78 is 2.29. The van der Waals surface area contributed by atoms with Crippen LogP contribution < -0.4 is 0 Å². The van der Waals surface area contributed by atoms with Gasteiger partial charge in [0.15, 0.2) is 0 Å². The van der Waals surface area contributed by atoms with Gasteiger partial charge in [0.05, 0.1) is 17.1 Å². The van der Waals surface area contributed by atoms with E-state index in [0.29, 0.717) is 6.42 Å². The highest BCUT2D eigenvalue weighted by Gasteiger charge is 2.12. The van der Waals surface area contributed by atoms with Gasteiger partial charge in [0, 0.05) is 24.3 Å². The van der Waals surface area contributed by atoms with Crippen LogP contribution in [0.3, 0.4) is 0 Å². The predicted octanol–water partition coefficient (Wildman–Crippen LogP) is 4.61. The Bertz CT molecular complexity index is 822. The molecule has 1 aromatic carbocycles. The van der Waals surface area contributed by atoms with E-state index in [1.54, 1.807) is 11.3 Å². The maximum absolute atomic E-state index is 8.79. The third kappa shape index (κ3) is 2.90. The number of aromatic nitrogens is 2. The molecule has 0 spiro atoms. The van der Waals surface area contributed by atoms with Crippen LogP contribution in [0.5, 0.6) is 0 Å². The molecule has 0 radical (unpaired) electrons. The Hall–Kier alpha value is -2.12. The number of unbranched alkanes of at least 4 members (excludes halogenated alkanes) is 1. The first-order valence-corrected chi connectivity index (χ1v) is 8.42. The summed E-state index contributed by atoms with van der Waals surface area (Å²) in [4.78, 5) is 6.18. The van der Waals surface area contributed by atoms with Gasteiger partial charge in [-0.3, -0.25) is 0 Å². The number of aryl methyl sites for hydroxylation is 3. The summed E-state index contributed by atoms with van der Waals surface area (Å²) >= 11 is 1.77. The minimum Gasteiger partial charge on any atom is -0.328 e. The third-order valence-corrected chi connectivity index (χ3v) is 4.90. The zero-order valence-electron chi connectivity index (χ0n) is 13.0. The molecule has 3 nitrogen and oxygen atoms in total. The summed E-state index contributed by atoms with van der Waals surface area (Å²) in [6.07, 6.45) is 2.31. The topological polar surface area (TPSA) is 41.6 Å². The van der Waals surface area contributed by atoms with Crippen molar-refractivity contribution in [1.82, 2.24) is 9.55 Å². The Labute approximate surface area is 134 Å². The number of rotatable bonds is 5. The molecule has 3 rings (SSSR count). The highest BCUT2D eigenvalue weighted by Crippen LogP contribution is 2.24. The number of hydrogen-bond donors (Lipinski definition) is 0. The second-order valence-electron chi connectivity index (χ2n) is 5.62. The highest BCUT2D eigenvalue weighted by molar-refractivity contribution is 7.09. The van der Waals surface area contributed by atoms with Gasteiger partial charge in [0.2, 0.25) is 0 Å². The second-order valence-corrected chi connectivity index (χ2v) is 6.65. The SMILES string of the molecule is Cc1cc2nc(Cc3cccs3)n(CCCC#N)c2cc1C. The minimum absolute atomic E-state index is 0.586. The second kappa shape index (κ2) is 6.33. The van der Waals surface area contributed by atoms with Gasteiger partial charge in [-0.2, -0.15) is 5.26 Å². The molecule has 0 aliphatic rings. The quantitative estimate of drug-likeness (QED) is 0.646. The van der Waals surface area contributed by atoms with E-state index in [1.165, 1.54) is 21.5 Å². The van der Waals surface area contributed by atoms with E-state index in [0.717, 1.165) is 30.7 Å². The van der Waals surface area contributed by atoms with Gasteiger partial charge in [0.25, 0.3) is 0 Å². The smallest absolute Gasteiger partial charge is 0.115 e. The Morgan fingerprint density at radius 2 is 2.09 bits per heavy atom. The van der Waals surface area contributed by atoms with Crippen molar-refractivity contribution in [2.24, 2.45) is 0 Å². The zero-order valence-corrected chi connectivity index (χ0v) is 13.8. The zero-order chi connectivity index (χ0) is 15.5. The summed E-state index contributed by atoms with van der Waals surface area (Å²) in [6, 6.07) is 10.9. The van der Waals surface area contributed by atoms with Gasteiger partial charge in [0.1, 0.15) is 5.82 Å². The van der Waals surface area contributed by atoms with Crippen LogP contribution in [0, 0.1) is 25.2 Å². The molecule has 22 heavy (non-hydrogen) atoms. The van der Waals surface area contributed by atoms with Gasteiger partial charge < -0.3 is 4.57 Å². The fourth-order valence-corrected chi connectivity index (χ4v) is 3.40. The molecule has 0 atom stereocenters. The van der Waals surface area contributed by atoms with Crippen LogP contribution in [-0.4, -0.2) is 9.55 Å². The van der Waals surface area contributed by atoms with Crippen LogP contribution in [0.2, 0.25) is 0 Å². The summed E-state index contributed by atoms with van der Waals surface area (Å²) in [6.45, 7) is 5.12. The molecule has 0 amide bonds. The van der Waals surface area contributed by atoms with Crippen molar-refractivity contribution in [1.29, 1.82) is 5.26 Å². The monoisotopic (exact) mass is 309 g/mol. The molecule has 112 valence electrons. The van der Waals surface area contributed by atoms with E-state index < -0.39 is 0 Å². The normalized spacial score (nSPS) is 11.0. The maximum Gasteiger partial charge on any atom is 0.115 e. The molecule has 0 aliphatic heterocycles. The van der Waals surface area contributed by atoms with Gasteiger partial charge in [-0.1, -0.05) is 6.07 Å².